The molecule has 84 valence electrons. The first-order chi connectivity index (χ1) is 7.36. The normalized spacial score (nSPS) is 10.3. The molecule has 2 nitrogen and oxygen atoms in total. The number of ether oxygens (including phenoxy) is 1. The van der Waals surface area contributed by atoms with E-state index in [1.165, 1.54) is 12.0 Å². The second kappa shape index (κ2) is 7.30. The van der Waals surface area contributed by atoms with E-state index in [1.807, 2.05) is 12.1 Å². The van der Waals surface area contributed by atoms with Crippen LogP contribution in [0.4, 0.5) is 0 Å². The van der Waals surface area contributed by atoms with Crippen molar-refractivity contribution in [1.82, 2.24) is 5.32 Å². The third-order valence-corrected chi connectivity index (χ3v) is 2.27. The molecular weight excluding hydrogens is 186 g/mol. The molecule has 0 unspecified atom stereocenters. The van der Waals surface area contributed by atoms with Crippen LogP contribution in [0.15, 0.2) is 24.3 Å². The zero-order chi connectivity index (χ0) is 10.9. The van der Waals surface area contributed by atoms with Crippen molar-refractivity contribution in [2.45, 2.75) is 33.2 Å². The maximum atomic E-state index is 5.59. The van der Waals surface area contributed by atoms with Gasteiger partial charge in [-0.05, 0) is 30.7 Å². The molecule has 0 fully saturated rings. The third-order valence-electron chi connectivity index (χ3n) is 2.27. The lowest BCUT2D eigenvalue weighted by molar-refractivity contribution is 0.309. The second-order valence-corrected chi connectivity index (χ2v) is 3.63. The van der Waals surface area contributed by atoms with Gasteiger partial charge < -0.3 is 10.1 Å². The quantitative estimate of drug-likeness (QED) is 0.694. The van der Waals surface area contributed by atoms with Crippen LogP contribution < -0.4 is 10.1 Å². The van der Waals surface area contributed by atoms with E-state index in [2.05, 4.69) is 31.3 Å². The Bertz CT molecular complexity index is 256. The summed E-state index contributed by atoms with van der Waals surface area (Å²) >= 11 is 0. The van der Waals surface area contributed by atoms with Crippen LogP contribution in [0.1, 0.15) is 32.3 Å². The van der Waals surface area contributed by atoms with Crippen LogP contribution in [-0.4, -0.2) is 13.2 Å². The highest BCUT2D eigenvalue weighted by molar-refractivity contribution is 5.27. The predicted molar refractivity (Wildman–Crippen MR) is 64.2 cm³/mol. The van der Waals surface area contributed by atoms with Crippen molar-refractivity contribution in [3.8, 4) is 5.75 Å². The average molecular weight is 207 g/mol. The molecule has 0 amide bonds. The molecule has 0 aliphatic heterocycles. The molecule has 0 aromatic heterocycles. The van der Waals surface area contributed by atoms with Gasteiger partial charge in [0.25, 0.3) is 0 Å². The van der Waals surface area contributed by atoms with E-state index in [0.717, 1.165) is 31.9 Å². The summed E-state index contributed by atoms with van der Waals surface area (Å²) in [6.45, 7) is 7.05. The molecule has 0 radical (unpaired) electrons. The first-order valence-corrected chi connectivity index (χ1v) is 5.79. The van der Waals surface area contributed by atoms with E-state index >= 15 is 0 Å². The van der Waals surface area contributed by atoms with Crippen molar-refractivity contribution < 1.29 is 4.74 Å². The highest BCUT2D eigenvalue weighted by Crippen LogP contribution is 2.12. The summed E-state index contributed by atoms with van der Waals surface area (Å²) in [5.74, 6) is 0.976. The van der Waals surface area contributed by atoms with Gasteiger partial charge in [-0.2, -0.15) is 0 Å². The van der Waals surface area contributed by atoms with Crippen LogP contribution in [0, 0.1) is 0 Å². The van der Waals surface area contributed by atoms with Crippen LogP contribution >= 0.6 is 0 Å². The predicted octanol–water partition coefficient (Wildman–Crippen LogP) is 2.98. The summed E-state index contributed by atoms with van der Waals surface area (Å²) in [5, 5.41) is 3.30. The second-order valence-electron chi connectivity index (χ2n) is 3.63. The number of hydrogen-bond acceptors (Lipinski definition) is 2. The molecule has 0 aliphatic rings. The molecule has 1 aromatic rings. The van der Waals surface area contributed by atoms with E-state index in [-0.39, 0.29) is 0 Å². The molecule has 1 rings (SSSR count). The summed E-state index contributed by atoms with van der Waals surface area (Å²) in [4.78, 5) is 0. The fourth-order valence-electron chi connectivity index (χ4n) is 1.31. The summed E-state index contributed by atoms with van der Waals surface area (Å²) in [6.07, 6.45) is 2.30. The zero-order valence-electron chi connectivity index (χ0n) is 9.75. The van der Waals surface area contributed by atoms with Crippen molar-refractivity contribution in [1.29, 1.82) is 0 Å². The SMILES string of the molecule is CCCCOc1ccc(CNCC)cc1. The minimum absolute atomic E-state index is 0.822. The molecular formula is C13H21NO. The Morgan fingerprint density at radius 3 is 2.47 bits per heavy atom. The van der Waals surface area contributed by atoms with Gasteiger partial charge in [0.05, 0.1) is 6.61 Å². The molecule has 0 bridgehead atoms. The molecule has 1 N–H and O–H groups in total. The van der Waals surface area contributed by atoms with Gasteiger partial charge >= 0.3 is 0 Å². The fourth-order valence-corrected chi connectivity index (χ4v) is 1.31. The molecule has 0 saturated heterocycles. The third kappa shape index (κ3) is 4.84. The largest absolute Gasteiger partial charge is 0.494 e. The van der Waals surface area contributed by atoms with Gasteiger partial charge in [0.2, 0.25) is 0 Å². The smallest absolute Gasteiger partial charge is 0.119 e. The Morgan fingerprint density at radius 2 is 1.87 bits per heavy atom. The lowest BCUT2D eigenvalue weighted by Gasteiger charge is -2.06. The zero-order valence-corrected chi connectivity index (χ0v) is 9.75. The van der Waals surface area contributed by atoms with Crippen molar-refractivity contribution in [3.05, 3.63) is 29.8 Å². The van der Waals surface area contributed by atoms with E-state index < -0.39 is 0 Å². The number of hydrogen-bond donors (Lipinski definition) is 1. The fraction of sp³-hybridized carbons (Fsp3) is 0.538. The Balaban J connectivity index is 2.35. The molecule has 2 heteroatoms. The number of unbranched alkanes of at least 4 members (excludes halogenated alkanes) is 1. The molecule has 15 heavy (non-hydrogen) atoms. The maximum absolute atomic E-state index is 5.59. The molecule has 1 aromatic carbocycles. The van der Waals surface area contributed by atoms with Crippen molar-refractivity contribution in [3.63, 3.8) is 0 Å². The molecule has 0 atom stereocenters. The van der Waals surface area contributed by atoms with Gasteiger partial charge in [-0.1, -0.05) is 32.4 Å². The average Bonchev–Trinajstić information content (AvgIpc) is 2.28. The molecule has 0 aliphatic carbocycles. The van der Waals surface area contributed by atoms with Crippen molar-refractivity contribution >= 4 is 0 Å². The minimum Gasteiger partial charge on any atom is -0.494 e. The summed E-state index contributed by atoms with van der Waals surface area (Å²) in [6, 6.07) is 8.32. The lowest BCUT2D eigenvalue weighted by atomic mass is 10.2. The lowest BCUT2D eigenvalue weighted by Crippen LogP contribution is -2.11. The van der Waals surface area contributed by atoms with E-state index in [9.17, 15) is 0 Å². The number of benzene rings is 1. The molecule has 0 spiro atoms. The number of nitrogens with one attached hydrogen (secondary N) is 1. The van der Waals surface area contributed by atoms with Gasteiger partial charge in [-0.3, -0.25) is 0 Å². The van der Waals surface area contributed by atoms with E-state index in [4.69, 9.17) is 4.74 Å². The van der Waals surface area contributed by atoms with Crippen molar-refractivity contribution in [2.24, 2.45) is 0 Å². The summed E-state index contributed by atoms with van der Waals surface area (Å²) in [5.41, 5.74) is 1.31. The Labute approximate surface area is 92.6 Å². The van der Waals surface area contributed by atoms with E-state index in [0.29, 0.717) is 0 Å². The van der Waals surface area contributed by atoms with Crippen LogP contribution in [0.25, 0.3) is 0 Å². The minimum atomic E-state index is 0.822. The van der Waals surface area contributed by atoms with Gasteiger partial charge in [0.15, 0.2) is 0 Å². The van der Waals surface area contributed by atoms with Gasteiger partial charge in [0, 0.05) is 6.54 Å². The Kier molecular flexibility index (Phi) is 5.86. The van der Waals surface area contributed by atoms with Gasteiger partial charge in [-0.15, -0.1) is 0 Å². The highest BCUT2D eigenvalue weighted by Gasteiger charge is 1.94. The van der Waals surface area contributed by atoms with Gasteiger partial charge in [-0.25, -0.2) is 0 Å². The Morgan fingerprint density at radius 1 is 1.13 bits per heavy atom. The monoisotopic (exact) mass is 207 g/mol. The van der Waals surface area contributed by atoms with Crippen molar-refractivity contribution in [2.75, 3.05) is 13.2 Å². The molecule has 0 saturated carbocycles. The first kappa shape index (κ1) is 12.1. The Hall–Kier alpha value is -1.02. The molecule has 0 heterocycles. The van der Waals surface area contributed by atoms with Gasteiger partial charge in [0.1, 0.15) is 5.75 Å². The van der Waals surface area contributed by atoms with Crippen LogP contribution in [0.5, 0.6) is 5.75 Å². The topological polar surface area (TPSA) is 21.3 Å². The number of rotatable bonds is 7. The first-order valence-electron chi connectivity index (χ1n) is 5.79. The summed E-state index contributed by atoms with van der Waals surface area (Å²) < 4.78 is 5.59. The van der Waals surface area contributed by atoms with Crippen LogP contribution in [0.3, 0.4) is 0 Å². The summed E-state index contributed by atoms with van der Waals surface area (Å²) in [7, 11) is 0. The highest BCUT2D eigenvalue weighted by atomic mass is 16.5. The van der Waals surface area contributed by atoms with Crippen LogP contribution in [-0.2, 0) is 6.54 Å². The standard InChI is InChI=1S/C13H21NO/c1-3-5-10-15-13-8-6-12(7-9-13)11-14-4-2/h6-9,14H,3-5,10-11H2,1-2H3. The maximum Gasteiger partial charge on any atom is 0.119 e. The van der Waals surface area contributed by atoms with E-state index in [1.54, 1.807) is 0 Å². The van der Waals surface area contributed by atoms with Crippen LogP contribution in [0.2, 0.25) is 0 Å².